The molecule has 0 aliphatic heterocycles. The van der Waals surface area contributed by atoms with Gasteiger partial charge in [-0.15, -0.1) is 0 Å². The summed E-state index contributed by atoms with van der Waals surface area (Å²) in [6.07, 6.45) is 1.37. The first-order valence-electron chi connectivity index (χ1n) is 7.59. The molecule has 0 fully saturated rings. The maximum absolute atomic E-state index is 11.9. The Kier molecular flexibility index (Phi) is 6.76. The monoisotopic (exact) mass is 407 g/mol. The molecule has 0 unspecified atom stereocenters. The normalized spacial score (nSPS) is 11.4. The zero-order valence-corrected chi connectivity index (χ0v) is 15.1. The number of carbonyl (C=O) groups excluding carboxylic acids is 3. The molecule has 25 heavy (non-hydrogen) atoms. The average molecular weight is 408 g/mol. The molecule has 7 nitrogen and oxygen atoms in total. The van der Waals surface area contributed by atoms with Crippen molar-refractivity contribution in [3.8, 4) is 0 Å². The predicted molar refractivity (Wildman–Crippen MR) is 94.8 cm³/mol. The Morgan fingerprint density at radius 3 is 2.36 bits per heavy atom. The van der Waals surface area contributed by atoms with Gasteiger partial charge in [-0.3, -0.25) is 14.4 Å². The zero-order chi connectivity index (χ0) is 18.2. The molecular formula is C17H18BrN3O4. The lowest BCUT2D eigenvalue weighted by atomic mass is 10.1. The molecule has 8 heteroatoms. The Labute approximate surface area is 153 Å². The van der Waals surface area contributed by atoms with Crippen LogP contribution in [0.4, 0.5) is 0 Å². The molecule has 0 saturated carbocycles. The predicted octanol–water partition coefficient (Wildman–Crippen LogP) is 1.77. The van der Waals surface area contributed by atoms with Crippen LogP contribution in [0.1, 0.15) is 29.1 Å². The lowest BCUT2D eigenvalue weighted by molar-refractivity contribution is -0.125. The molecule has 0 radical (unpaired) electrons. The highest BCUT2D eigenvalue weighted by atomic mass is 79.9. The van der Waals surface area contributed by atoms with Gasteiger partial charge in [0.1, 0.15) is 0 Å². The Hall–Kier alpha value is -2.61. The second-order valence-corrected chi connectivity index (χ2v) is 6.19. The molecule has 0 bridgehead atoms. The number of amides is 3. The number of furan rings is 1. The molecule has 0 aliphatic carbocycles. The van der Waals surface area contributed by atoms with Gasteiger partial charge in [-0.25, -0.2) is 0 Å². The van der Waals surface area contributed by atoms with E-state index < -0.39 is 11.8 Å². The summed E-state index contributed by atoms with van der Waals surface area (Å²) in [6, 6.07) is 10.5. The molecule has 3 N–H and O–H groups in total. The minimum atomic E-state index is -0.492. The topological polar surface area (TPSA) is 100 Å². The van der Waals surface area contributed by atoms with Gasteiger partial charge in [0, 0.05) is 4.47 Å². The highest BCUT2D eigenvalue weighted by Gasteiger charge is 2.12. The summed E-state index contributed by atoms with van der Waals surface area (Å²) in [5, 5.41) is 7.63. The van der Waals surface area contributed by atoms with Crippen molar-refractivity contribution >= 4 is 33.7 Å². The van der Waals surface area contributed by atoms with Crippen molar-refractivity contribution in [2.24, 2.45) is 0 Å². The summed E-state index contributed by atoms with van der Waals surface area (Å²) in [7, 11) is 0. The second-order valence-electron chi connectivity index (χ2n) is 5.28. The van der Waals surface area contributed by atoms with Crippen LogP contribution in [0.2, 0.25) is 0 Å². The number of hydrogen-bond donors (Lipinski definition) is 3. The first-order chi connectivity index (χ1) is 12.0. The third-order valence-electron chi connectivity index (χ3n) is 3.35. The van der Waals surface area contributed by atoms with Gasteiger partial charge in [-0.05, 0) is 36.8 Å². The standard InChI is InChI=1S/C17H18BrN3O4/c1-11(12-4-6-13(18)7-5-12)21-16(23)10-19-15(22)9-20-17(24)14-3-2-8-25-14/h2-8,11H,9-10H2,1H3,(H,19,22)(H,20,24)(H,21,23)/t11-/m1/s1. The van der Waals surface area contributed by atoms with Crippen LogP contribution < -0.4 is 16.0 Å². The van der Waals surface area contributed by atoms with Crippen LogP contribution in [0.3, 0.4) is 0 Å². The number of carbonyl (C=O) groups is 3. The average Bonchev–Trinajstić information content (AvgIpc) is 3.13. The van der Waals surface area contributed by atoms with E-state index in [1.54, 1.807) is 6.07 Å². The Morgan fingerprint density at radius 1 is 1.04 bits per heavy atom. The fourth-order valence-electron chi connectivity index (χ4n) is 2.02. The van der Waals surface area contributed by atoms with Crippen molar-refractivity contribution in [2.45, 2.75) is 13.0 Å². The van der Waals surface area contributed by atoms with Gasteiger partial charge in [0.2, 0.25) is 11.8 Å². The van der Waals surface area contributed by atoms with Crippen LogP contribution in [0.25, 0.3) is 0 Å². The number of benzene rings is 1. The van der Waals surface area contributed by atoms with E-state index in [0.29, 0.717) is 0 Å². The van der Waals surface area contributed by atoms with E-state index in [1.165, 1.54) is 12.3 Å². The Morgan fingerprint density at radius 2 is 1.72 bits per heavy atom. The minimum Gasteiger partial charge on any atom is -0.459 e. The largest absolute Gasteiger partial charge is 0.459 e. The van der Waals surface area contributed by atoms with Crippen molar-refractivity contribution in [1.82, 2.24) is 16.0 Å². The van der Waals surface area contributed by atoms with Gasteiger partial charge in [0.15, 0.2) is 5.76 Å². The van der Waals surface area contributed by atoms with Gasteiger partial charge in [-0.1, -0.05) is 28.1 Å². The van der Waals surface area contributed by atoms with Crippen molar-refractivity contribution in [3.63, 3.8) is 0 Å². The molecular weight excluding hydrogens is 390 g/mol. The van der Waals surface area contributed by atoms with Crippen LogP contribution in [0.15, 0.2) is 51.6 Å². The summed E-state index contributed by atoms with van der Waals surface area (Å²) in [5.74, 6) is -1.16. The molecule has 0 saturated heterocycles. The van der Waals surface area contributed by atoms with Gasteiger partial charge < -0.3 is 20.4 Å². The maximum atomic E-state index is 11.9. The minimum absolute atomic E-state index is 0.119. The van der Waals surface area contributed by atoms with Crippen molar-refractivity contribution in [3.05, 3.63) is 58.5 Å². The molecule has 1 aromatic carbocycles. The first-order valence-corrected chi connectivity index (χ1v) is 8.38. The fraction of sp³-hybridized carbons (Fsp3) is 0.235. The first kappa shape index (κ1) is 18.7. The molecule has 0 aliphatic rings. The summed E-state index contributed by atoms with van der Waals surface area (Å²) < 4.78 is 5.87. The summed E-state index contributed by atoms with van der Waals surface area (Å²) >= 11 is 3.35. The van der Waals surface area contributed by atoms with Crippen LogP contribution in [0, 0.1) is 0 Å². The van der Waals surface area contributed by atoms with Crippen molar-refractivity contribution in [2.75, 3.05) is 13.1 Å². The highest BCUT2D eigenvalue weighted by Crippen LogP contribution is 2.16. The van der Waals surface area contributed by atoms with E-state index in [-0.39, 0.29) is 30.8 Å². The highest BCUT2D eigenvalue weighted by molar-refractivity contribution is 9.10. The number of hydrogen-bond acceptors (Lipinski definition) is 4. The summed E-state index contributed by atoms with van der Waals surface area (Å²) in [5.41, 5.74) is 0.952. The third kappa shape index (κ3) is 6.07. The fourth-order valence-corrected chi connectivity index (χ4v) is 2.29. The van der Waals surface area contributed by atoms with Gasteiger partial charge in [-0.2, -0.15) is 0 Å². The second kappa shape index (κ2) is 9.03. The van der Waals surface area contributed by atoms with E-state index in [1.807, 2.05) is 31.2 Å². The maximum Gasteiger partial charge on any atom is 0.287 e. The van der Waals surface area contributed by atoms with Crippen molar-refractivity contribution in [1.29, 1.82) is 0 Å². The van der Waals surface area contributed by atoms with Crippen LogP contribution in [0.5, 0.6) is 0 Å². The van der Waals surface area contributed by atoms with Gasteiger partial charge >= 0.3 is 0 Å². The summed E-state index contributed by atoms with van der Waals surface area (Å²) in [6.45, 7) is 1.44. The van der Waals surface area contributed by atoms with E-state index >= 15 is 0 Å². The van der Waals surface area contributed by atoms with E-state index in [4.69, 9.17) is 4.42 Å². The quantitative estimate of drug-likeness (QED) is 0.650. The lowest BCUT2D eigenvalue weighted by Crippen LogP contribution is -2.42. The number of halogens is 1. The number of nitrogens with one attached hydrogen (secondary N) is 3. The van der Waals surface area contributed by atoms with E-state index in [0.717, 1.165) is 10.0 Å². The zero-order valence-electron chi connectivity index (χ0n) is 13.5. The van der Waals surface area contributed by atoms with Crippen LogP contribution in [-0.2, 0) is 9.59 Å². The van der Waals surface area contributed by atoms with Crippen LogP contribution >= 0.6 is 15.9 Å². The van der Waals surface area contributed by atoms with Crippen LogP contribution in [-0.4, -0.2) is 30.8 Å². The summed E-state index contributed by atoms with van der Waals surface area (Å²) in [4.78, 5) is 35.2. The molecule has 2 rings (SSSR count). The van der Waals surface area contributed by atoms with Gasteiger partial charge in [0.05, 0.1) is 25.4 Å². The molecule has 2 aromatic rings. The van der Waals surface area contributed by atoms with E-state index in [2.05, 4.69) is 31.9 Å². The molecule has 1 aromatic heterocycles. The number of rotatable bonds is 7. The van der Waals surface area contributed by atoms with E-state index in [9.17, 15) is 14.4 Å². The molecule has 132 valence electrons. The smallest absolute Gasteiger partial charge is 0.287 e. The molecule has 0 spiro atoms. The van der Waals surface area contributed by atoms with Crippen molar-refractivity contribution < 1.29 is 18.8 Å². The third-order valence-corrected chi connectivity index (χ3v) is 3.88. The lowest BCUT2D eigenvalue weighted by Gasteiger charge is -2.15. The SMILES string of the molecule is C[C@@H](NC(=O)CNC(=O)CNC(=O)c1ccco1)c1ccc(Br)cc1. The molecule has 1 heterocycles. The Balaban J connectivity index is 1.69. The Bertz CT molecular complexity index is 729. The molecule has 1 atom stereocenters. The molecule has 3 amide bonds. The van der Waals surface area contributed by atoms with Gasteiger partial charge in [0.25, 0.3) is 5.91 Å².